The van der Waals surface area contributed by atoms with Crippen LogP contribution in [0.1, 0.15) is 35.1 Å². The zero-order valence-electron chi connectivity index (χ0n) is 19.6. The fraction of sp³-hybridized carbons (Fsp3) is 0.250. The van der Waals surface area contributed by atoms with E-state index in [1.165, 1.54) is 16.7 Å². The van der Waals surface area contributed by atoms with Crippen molar-refractivity contribution in [1.29, 1.82) is 5.26 Å². The van der Waals surface area contributed by atoms with Crippen molar-refractivity contribution in [1.82, 2.24) is 0 Å². The molecule has 0 aliphatic carbocycles. The van der Waals surface area contributed by atoms with E-state index >= 15 is 0 Å². The number of methoxy groups -OCH3 is 1. The predicted octanol–water partition coefficient (Wildman–Crippen LogP) is 5.50. The number of rotatable bonds is 7. The van der Waals surface area contributed by atoms with E-state index in [1.807, 2.05) is 36.4 Å². The minimum atomic E-state index is -0.900. The van der Waals surface area contributed by atoms with Crippen molar-refractivity contribution in [3.05, 3.63) is 82.9 Å². The number of hydrazone groups is 1. The second-order valence-electron chi connectivity index (χ2n) is 8.65. The SMILES string of the molecule is COc1ccc(C)cc1-c1ccc(Cc2ccc(N3N=C(C#N)CC3CC(=O)O)cc2)c(C)c1. The first-order valence-electron chi connectivity index (χ1n) is 11.2. The van der Waals surface area contributed by atoms with Crippen molar-refractivity contribution in [2.24, 2.45) is 5.10 Å². The average Bonchev–Trinajstić information content (AvgIpc) is 3.23. The summed E-state index contributed by atoms with van der Waals surface area (Å²) < 4.78 is 5.55. The summed E-state index contributed by atoms with van der Waals surface area (Å²) in [6.45, 7) is 4.20. The molecule has 172 valence electrons. The van der Waals surface area contributed by atoms with E-state index in [2.05, 4.69) is 49.3 Å². The Balaban J connectivity index is 1.53. The van der Waals surface area contributed by atoms with Crippen molar-refractivity contribution in [2.75, 3.05) is 12.1 Å². The third-order valence-electron chi connectivity index (χ3n) is 6.15. The Morgan fingerprint density at radius 1 is 1.15 bits per heavy atom. The van der Waals surface area contributed by atoms with Crippen molar-refractivity contribution >= 4 is 17.4 Å². The van der Waals surface area contributed by atoms with Gasteiger partial charge in [0.25, 0.3) is 0 Å². The molecule has 1 aliphatic heterocycles. The molecule has 0 fully saturated rings. The van der Waals surface area contributed by atoms with Crippen LogP contribution >= 0.6 is 0 Å². The number of carbonyl (C=O) groups is 1. The molecule has 0 saturated heterocycles. The topological polar surface area (TPSA) is 85.9 Å². The van der Waals surface area contributed by atoms with E-state index in [-0.39, 0.29) is 12.5 Å². The van der Waals surface area contributed by atoms with Crippen LogP contribution in [0.5, 0.6) is 5.75 Å². The van der Waals surface area contributed by atoms with Crippen LogP contribution in [-0.4, -0.2) is 29.9 Å². The highest BCUT2D eigenvalue weighted by atomic mass is 16.5. The Kier molecular flexibility index (Phi) is 6.65. The monoisotopic (exact) mass is 453 g/mol. The van der Waals surface area contributed by atoms with E-state index in [4.69, 9.17) is 4.74 Å². The van der Waals surface area contributed by atoms with Gasteiger partial charge in [-0.3, -0.25) is 9.80 Å². The number of benzene rings is 3. The van der Waals surface area contributed by atoms with Gasteiger partial charge in [-0.15, -0.1) is 0 Å². The fourth-order valence-corrected chi connectivity index (χ4v) is 4.35. The lowest BCUT2D eigenvalue weighted by atomic mass is 9.95. The van der Waals surface area contributed by atoms with Gasteiger partial charge in [-0.2, -0.15) is 10.4 Å². The normalized spacial score (nSPS) is 15.1. The number of carboxylic acids is 1. The molecule has 1 unspecified atom stereocenters. The minimum absolute atomic E-state index is 0.0618. The minimum Gasteiger partial charge on any atom is -0.496 e. The lowest BCUT2D eigenvalue weighted by molar-refractivity contribution is -0.137. The molecule has 0 spiro atoms. The quantitative estimate of drug-likeness (QED) is 0.510. The highest BCUT2D eigenvalue weighted by molar-refractivity contribution is 6.01. The van der Waals surface area contributed by atoms with Gasteiger partial charge in [0.05, 0.1) is 25.3 Å². The molecule has 0 aromatic heterocycles. The summed E-state index contributed by atoms with van der Waals surface area (Å²) in [7, 11) is 1.69. The van der Waals surface area contributed by atoms with Crippen LogP contribution in [0.4, 0.5) is 5.69 Å². The van der Waals surface area contributed by atoms with Crippen LogP contribution in [0.3, 0.4) is 0 Å². The maximum absolute atomic E-state index is 11.2. The van der Waals surface area contributed by atoms with Crippen LogP contribution < -0.4 is 9.75 Å². The van der Waals surface area contributed by atoms with E-state index < -0.39 is 5.97 Å². The molecule has 6 heteroatoms. The molecule has 0 saturated carbocycles. The Morgan fingerprint density at radius 3 is 2.56 bits per heavy atom. The van der Waals surface area contributed by atoms with Crippen molar-refractivity contribution < 1.29 is 14.6 Å². The molecule has 1 heterocycles. The molecule has 3 aromatic rings. The molecule has 1 N–H and O–H groups in total. The van der Waals surface area contributed by atoms with Crippen LogP contribution in [-0.2, 0) is 11.2 Å². The molecule has 0 radical (unpaired) electrons. The average molecular weight is 454 g/mol. The third kappa shape index (κ3) is 4.94. The summed E-state index contributed by atoms with van der Waals surface area (Å²) in [5.74, 6) is -0.0399. The number of anilines is 1. The van der Waals surface area contributed by atoms with Crippen molar-refractivity contribution in [2.45, 2.75) is 39.2 Å². The van der Waals surface area contributed by atoms with Gasteiger partial charge in [-0.1, -0.05) is 42.0 Å². The number of nitriles is 1. The van der Waals surface area contributed by atoms with Crippen molar-refractivity contribution in [3.63, 3.8) is 0 Å². The summed E-state index contributed by atoms with van der Waals surface area (Å²) in [4.78, 5) is 11.2. The lowest BCUT2D eigenvalue weighted by Gasteiger charge is -2.22. The van der Waals surface area contributed by atoms with Crippen molar-refractivity contribution in [3.8, 4) is 22.9 Å². The summed E-state index contributed by atoms with van der Waals surface area (Å²) in [6, 6.07) is 22.3. The Labute approximate surface area is 199 Å². The van der Waals surface area contributed by atoms with Crippen LogP contribution in [0.15, 0.2) is 65.8 Å². The second-order valence-corrected chi connectivity index (χ2v) is 8.65. The van der Waals surface area contributed by atoms with Gasteiger partial charge >= 0.3 is 5.97 Å². The van der Waals surface area contributed by atoms with Gasteiger partial charge in [-0.05, 0) is 66.8 Å². The molecular weight excluding hydrogens is 426 g/mol. The zero-order valence-corrected chi connectivity index (χ0v) is 19.6. The van der Waals surface area contributed by atoms with E-state index in [0.29, 0.717) is 12.1 Å². The van der Waals surface area contributed by atoms with Gasteiger partial charge in [0.2, 0.25) is 0 Å². The molecule has 34 heavy (non-hydrogen) atoms. The van der Waals surface area contributed by atoms with E-state index in [1.54, 1.807) is 12.1 Å². The molecule has 0 bridgehead atoms. The molecule has 0 amide bonds. The van der Waals surface area contributed by atoms with Crippen LogP contribution in [0.2, 0.25) is 0 Å². The highest BCUT2D eigenvalue weighted by Crippen LogP contribution is 2.33. The second kappa shape index (κ2) is 9.80. The Morgan fingerprint density at radius 2 is 1.91 bits per heavy atom. The Bertz CT molecular complexity index is 1290. The molecule has 1 aliphatic rings. The number of carboxylic acid groups (broad SMARTS) is 1. The predicted molar refractivity (Wildman–Crippen MR) is 133 cm³/mol. The lowest BCUT2D eigenvalue weighted by Crippen LogP contribution is -2.28. The molecule has 1 atom stereocenters. The third-order valence-corrected chi connectivity index (χ3v) is 6.15. The first kappa shape index (κ1) is 23.1. The fourth-order valence-electron chi connectivity index (χ4n) is 4.35. The summed E-state index contributed by atoms with van der Waals surface area (Å²) in [6.07, 6.45) is 1.07. The summed E-state index contributed by atoms with van der Waals surface area (Å²) >= 11 is 0. The Hall–Kier alpha value is -4.11. The number of aryl methyl sites for hydroxylation is 2. The largest absolute Gasteiger partial charge is 0.496 e. The first-order chi connectivity index (χ1) is 16.4. The van der Waals surface area contributed by atoms with Gasteiger partial charge in [0.15, 0.2) is 0 Å². The maximum atomic E-state index is 11.2. The smallest absolute Gasteiger partial charge is 0.305 e. The van der Waals surface area contributed by atoms with Gasteiger partial charge < -0.3 is 9.84 Å². The zero-order chi connectivity index (χ0) is 24.2. The number of nitrogens with zero attached hydrogens (tertiary/aromatic N) is 3. The summed E-state index contributed by atoms with van der Waals surface area (Å²) in [5.41, 5.74) is 8.13. The summed E-state index contributed by atoms with van der Waals surface area (Å²) in [5, 5.41) is 24.4. The van der Waals surface area contributed by atoms with Gasteiger partial charge in [0, 0.05) is 12.0 Å². The van der Waals surface area contributed by atoms with E-state index in [9.17, 15) is 15.2 Å². The molecular formula is C28H27N3O3. The van der Waals surface area contributed by atoms with Gasteiger partial charge in [-0.25, -0.2) is 0 Å². The van der Waals surface area contributed by atoms with Gasteiger partial charge in [0.1, 0.15) is 17.5 Å². The maximum Gasteiger partial charge on any atom is 0.305 e. The van der Waals surface area contributed by atoms with Crippen LogP contribution in [0.25, 0.3) is 11.1 Å². The standard InChI is InChI=1S/C28H27N3O3/c1-18-4-11-27(34-3)26(12-18)22-8-7-21(19(2)13-22)14-20-5-9-24(10-6-20)31-25(16-28(32)33)15-23(17-29)30-31/h4-13,25H,14-16H2,1-3H3,(H,32,33). The van der Waals surface area contributed by atoms with E-state index in [0.717, 1.165) is 34.5 Å². The van der Waals surface area contributed by atoms with Crippen LogP contribution in [0, 0.1) is 25.2 Å². The molecule has 3 aromatic carbocycles. The number of ether oxygens (including phenoxy) is 1. The number of hydrogen-bond donors (Lipinski definition) is 1. The number of aliphatic carboxylic acids is 1. The molecule has 6 nitrogen and oxygen atoms in total. The first-order valence-corrected chi connectivity index (χ1v) is 11.2. The number of hydrogen-bond acceptors (Lipinski definition) is 5. The molecule has 4 rings (SSSR count). The highest BCUT2D eigenvalue weighted by Gasteiger charge is 2.29.